The standard InChI is InChI=1S/C8H18N2O2/c1-6(9)4-2-3-5-7(10)8(11)12/h6-7H,2-5,9-10H2,1H3,(H,11,12)/t6?,7-/m0/s1. The molecule has 0 aliphatic carbocycles. The molecule has 72 valence electrons. The van der Waals surface area contributed by atoms with Gasteiger partial charge in [-0.1, -0.05) is 12.8 Å². The molecule has 12 heavy (non-hydrogen) atoms. The molecule has 0 rings (SSSR count). The van der Waals surface area contributed by atoms with Crippen molar-refractivity contribution in [2.24, 2.45) is 11.5 Å². The molecule has 0 fully saturated rings. The fraction of sp³-hybridized carbons (Fsp3) is 0.875. The quantitative estimate of drug-likeness (QED) is 0.505. The molecule has 0 bridgehead atoms. The Kier molecular flexibility index (Phi) is 5.66. The Bertz CT molecular complexity index is 137. The average Bonchev–Trinajstić information content (AvgIpc) is 1.97. The molecule has 0 radical (unpaired) electrons. The van der Waals surface area contributed by atoms with Crippen molar-refractivity contribution < 1.29 is 9.90 Å². The Labute approximate surface area is 72.9 Å². The minimum Gasteiger partial charge on any atom is -0.480 e. The highest BCUT2D eigenvalue weighted by atomic mass is 16.4. The van der Waals surface area contributed by atoms with Crippen LogP contribution in [-0.4, -0.2) is 23.2 Å². The summed E-state index contributed by atoms with van der Waals surface area (Å²) < 4.78 is 0. The minimum absolute atomic E-state index is 0.200. The van der Waals surface area contributed by atoms with Crippen molar-refractivity contribution in [3.8, 4) is 0 Å². The molecule has 4 heteroatoms. The van der Waals surface area contributed by atoms with Crippen molar-refractivity contribution in [2.75, 3.05) is 0 Å². The van der Waals surface area contributed by atoms with Crippen LogP contribution in [0.2, 0.25) is 0 Å². The maximum absolute atomic E-state index is 10.3. The normalized spacial score (nSPS) is 15.6. The molecule has 0 aliphatic rings. The van der Waals surface area contributed by atoms with Crippen LogP contribution in [0.25, 0.3) is 0 Å². The van der Waals surface area contributed by atoms with Crippen molar-refractivity contribution in [1.82, 2.24) is 0 Å². The molecule has 0 aromatic heterocycles. The minimum atomic E-state index is -0.921. The van der Waals surface area contributed by atoms with Gasteiger partial charge in [-0.05, 0) is 19.8 Å². The molecule has 0 aromatic rings. The summed E-state index contributed by atoms with van der Waals surface area (Å²) in [4.78, 5) is 10.3. The molecule has 4 nitrogen and oxygen atoms in total. The van der Waals surface area contributed by atoms with Gasteiger partial charge < -0.3 is 16.6 Å². The SMILES string of the molecule is CC(N)CCCC[C@H](N)C(=O)O. The number of unbranched alkanes of at least 4 members (excludes halogenated alkanes) is 1. The largest absolute Gasteiger partial charge is 0.480 e. The second-order valence-corrected chi connectivity index (χ2v) is 3.21. The van der Waals surface area contributed by atoms with E-state index >= 15 is 0 Å². The van der Waals surface area contributed by atoms with Crippen LogP contribution in [0, 0.1) is 0 Å². The first-order chi connectivity index (χ1) is 5.54. The number of rotatable bonds is 6. The van der Waals surface area contributed by atoms with Crippen molar-refractivity contribution in [3.05, 3.63) is 0 Å². The predicted molar refractivity (Wildman–Crippen MR) is 47.7 cm³/mol. The molecule has 0 saturated carbocycles. The van der Waals surface area contributed by atoms with Crippen LogP contribution in [0.3, 0.4) is 0 Å². The Hall–Kier alpha value is -0.610. The van der Waals surface area contributed by atoms with Gasteiger partial charge in [0.25, 0.3) is 0 Å². The predicted octanol–water partition coefficient (Wildman–Crippen LogP) is 0.306. The fourth-order valence-corrected chi connectivity index (χ4v) is 0.954. The summed E-state index contributed by atoms with van der Waals surface area (Å²) in [6.07, 6.45) is 3.28. The molecule has 2 atom stereocenters. The highest BCUT2D eigenvalue weighted by Gasteiger charge is 2.09. The molecule has 0 heterocycles. The lowest BCUT2D eigenvalue weighted by Crippen LogP contribution is -2.29. The molecule has 0 amide bonds. The Morgan fingerprint density at radius 3 is 2.25 bits per heavy atom. The van der Waals surface area contributed by atoms with E-state index in [1.807, 2.05) is 6.92 Å². The molecule has 0 saturated heterocycles. The van der Waals surface area contributed by atoms with Crippen LogP contribution in [0.5, 0.6) is 0 Å². The van der Waals surface area contributed by atoms with E-state index in [0.29, 0.717) is 6.42 Å². The van der Waals surface area contributed by atoms with Crippen molar-refractivity contribution in [1.29, 1.82) is 0 Å². The Morgan fingerprint density at radius 2 is 1.83 bits per heavy atom. The molecule has 0 aromatic carbocycles. The third kappa shape index (κ3) is 6.12. The summed E-state index contributed by atoms with van der Waals surface area (Å²) in [6, 6.07) is -0.510. The molecular weight excluding hydrogens is 156 g/mol. The van der Waals surface area contributed by atoms with Gasteiger partial charge in [-0.25, -0.2) is 0 Å². The number of hydrogen-bond donors (Lipinski definition) is 3. The number of aliphatic carboxylic acids is 1. The zero-order valence-electron chi connectivity index (χ0n) is 7.49. The van der Waals surface area contributed by atoms with E-state index in [2.05, 4.69) is 0 Å². The first-order valence-electron chi connectivity index (χ1n) is 4.28. The topological polar surface area (TPSA) is 89.3 Å². The highest BCUT2D eigenvalue weighted by Crippen LogP contribution is 2.03. The Balaban J connectivity index is 3.25. The third-order valence-corrected chi connectivity index (χ3v) is 1.74. The van der Waals surface area contributed by atoms with E-state index in [4.69, 9.17) is 16.6 Å². The van der Waals surface area contributed by atoms with E-state index in [0.717, 1.165) is 19.3 Å². The fourth-order valence-electron chi connectivity index (χ4n) is 0.954. The van der Waals surface area contributed by atoms with Crippen LogP contribution in [0.1, 0.15) is 32.6 Å². The van der Waals surface area contributed by atoms with E-state index in [-0.39, 0.29) is 6.04 Å². The second kappa shape index (κ2) is 5.97. The maximum atomic E-state index is 10.3. The van der Waals surface area contributed by atoms with Gasteiger partial charge in [-0.3, -0.25) is 4.79 Å². The van der Waals surface area contributed by atoms with Crippen molar-refractivity contribution >= 4 is 5.97 Å². The summed E-state index contributed by atoms with van der Waals surface area (Å²) in [6.45, 7) is 1.94. The molecule has 1 unspecified atom stereocenters. The van der Waals surface area contributed by atoms with Crippen LogP contribution < -0.4 is 11.5 Å². The molecule has 0 spiro atoms. The van der Waals surface area contributed by atoms with E-state index in [9.17, 15) is 4.79 Å². The number of nitrogens with two attached hydrogens (primary N) is 2. The van der Waals surface area contributed by atoms with Gasteiger partial charge in [0.05, 0.1) is 0 Å². The van der Waals surface area contributed by atoms with Gasteiger partial charge >= 0.3 is 5.97 Å². The third-order valence-electron chi connectivity index (χ3n) is 1.74. The lowest BCUT2D eigenvalue weighted by molar-refractivity contribution is -0.138. The lowest BCUT2D eigenvalue weighted by Gasteiger charge is -2.06. The number of carboxylic acid groups (broad SMARTS) is 1. The first kappa shape index (κ1) is 11.4. The van der Waals surface area contributed by atoms with Crippen LogP contribution in [0.15, 0.2) is 0 Å². The first-order valence-corrected chi connectivity index (χ1v) is 4.28. The second-order valence-electron chi connectivity index (χ2n) is 3.21. The number of carbonyl (C=O) groups is 1. The number of carboxylic acids is 1. The van der Waals surface area contributed by atoms with Crippen LogP contribution >= 0.6 is 0 Å². The summed E-state index contributed by atoms with van der Waals surface area (Å²) in [5, 5.41) is 8.44. The van der Waals surface area contributed by atoms with Crippen molar-refractivity contribution in [3.63, 3.8) is 0 Å². The summed E-state index contributed by atoms with van der Waals surface area (Å²) in [5.74, 6) is -0.921. The van der Waals surface area contributed by atoms with E-state index < -0.39 is 12.0 Å². The lowest BCUT2D eigenvalue weighted by atomic mass is 10.1. The summed E-state index contributed by atoms with van der Waals surface area (Å²) in [5.41, 5.74) is 10.8. The summed E-state index contributed by atoms with van der Waals surface area (Å²) in [7, 11) is 0. The highest BCUT2D eigenvalue weighted by molar-refractivity contribution is 5.72. The zero-order valence-corrected chi connectivity index (χ0v) is 7.49. The number of hydrogen-bond acceptors (Lipinski definition) is 3. The van der Waals surface area contributed by atoms with Gasteiger partial charge in [0.1, 0.15) is 6.04 Å². The van der Waals surface area contributed by atoms with Gasteiger partial charge in [0.15, 0.2) is 0 Å². The van der Waals surface area contributed by atoms with Crippen molar-refractivity contribution in [2.45, 2.75) is 44.7 Å². The Morgan fingerprint density at radius 1 is 1.33 bits per heavy atom. The summed E-state index contributed by atoms with van der Waals surface area (Å²) >= 11 is 0. The van der Waals surface area contributed by atoms with Crippen LogP contribution in [0.4, 0.5) is 0 Å². The van der Waals surface area contributed by atoms with Gasteiger partial charge in [-0.15, -0.1) is 0 Å². The molecule has 0 aliphatic heterocycles. The van der Waals surface area contributed by atoms with Gasteiger partial charge in [0, 0.05) is 6.04 Å². The molecular formula is C8H18N2O2. The molecule has 5 N–H and O–H groups in total. The van der Waals surface area contributed by atoms with E-state index in [1.165, 1.54) is 0 Å². The maximum Gasteiger partial charge on any atom is 0.320 e. The monoisotopic (exact) mass is 174 g/mol. The van der Waals surface area contributed by atoms with Gasteiger partial charge in [-0.2, -0.15) is 0 Å². The van der Waals surface area contributed by atoms with Gasteiger partial charge in [0.2, 0.25) is 0 Å². The van der Waals surface area contributed by atoms with E-state index in [1.54, 1.807) is 0 Å². The average molecular weight is 174 g/mol. The van der Waals surface area contributed by atoms with Crippen LogP contribution in [-0.2, 0) is 4.79 Å². The smallest absolute Gasteiger partial charge is 0.320 e. The zero-order chi connectivity index (χ0) is 9.56.